The monoisotopic (exact) mass is 367 g/mol. The Morgan fingerprint density at radius 2 is 1.72 bits per heavy atom. The minimum absolute atomic E-state index is 0.623. The van der Waals surface area contributed by atoms with Crippen molar-refractivity contribution in [3.05, 3.63) is 17.7 Å². The first kappa shape index (κ1) is 19.7. The van der Waals surface area contributed by atoms with Crippen molar-refractivity contribution in [1.29, 1.82) is 0 Å². The smallest absolute Gasteiger partial charge is 0.203 e. The molecule has 2 rings (SSSR count). The summed E-state index contributed by atoms with van der Waals surface area (Å²) in [7, 11) is 9.09. The van der Waals surface area contributed by atoms with Crippen LogP contribution in [0.1, 0.15) is 12.0 Å². The lowest BCUT2D eigenvalue weighted by Gasteiger charge is -2.29. The van der Waals surface area contributed by atoms with Crippen molar-refractivity contribution in [2.45, 2.75) is 13.0 Å². The Bertz CT molecular complexity index is 568. The molecule has 1 aliphatic rings. The summed E-state index contributed by atoms with van der Waals surface area (Å²) in [5.74, 6) is 3.12. The zero-order valence-corrected chi connectivity index (χ0v) is 16.7. The first-order chi connectivity index (χ1) is 12.1. The number of rotatable bonds is 8. The fraction of sp³-hybridized carbons (Fsp3) is 0.611. The molecule has 0 atom stereocenters. The van der Waals surface area contributed by atoms with Gasteiger partial charge < -0.3 is 24.0 Å². The van der Waals surface area contributed by atoms with Crippen LogP contribution in [0.15, 0.2) is 17.1 Å². The Hall–Kier alpha value is -1.60. The van der Waals surface area contributed by atoms with Crippen LogP contribution in [-0.4, -0.2) is 75.8 Å². The van der Waals surface area contributed by atoms with Crippen LogP contribution in [-0.2, 0) is 6.54 Å². The van der Waals surface area contributed by atoms with Gasteiger partial charge >= 0.3 is 0 Å². The Morgan fingerprint density at radius 3 is 2.20 bits per heavy atom. The third-order valence-electron chi connectivity index (χ3n) is 3.97. The minimum atomic E-state index is 0.623. The highest BCUT2D eigenvalue weighted by molar-refractivity contribution is 8.13. The van der Waals surface area contributed by atoms with E-state index in [1.54, 1.807) is 21.3 Å². The summed E-state index contributed by atoms with van der Waals surface area (Å²) in [5, 5.41) is 1.13. The van der Waals surface area contributed by atoms with Crippen molar-refractivity contribution in [2.24, 2.45) is 4.99 Å². The van der Waals surface area contributed by atoms with Crippen molar-refractivity contribution < 1.29 is 14.2 Å². The third kappa shape index (κ3) is 5.44. The number of ether oxygens (including phenoxy) is 3. The molecule has 1 aromatic carbocycles. The molecule has 0 unspecified atom stereocenters. The van der Waals surface area contributed by atoms with Crippen molar-refractivity contribution in [3.8, 4) is 17.2 Å². The lowest BCUT2D eigenvalue weighted by atomic mass is 10.1. The van der Waals surface area contributed by atoms with Crippen LogP contribution in [0, 0.1) is 0 Å². The molecule has 6 nitrogen and oxygen atoms in total. The Kier molecular flexibility index (Phi) is 7.71. The van der Waals surface area contributed by atoms with Crippen LogP contribution in [0.2, 0.25) is 0 Å². The van der Waals surface area contributed by atoms with E-state index in [1.165, 1.54) is 0 Å². The van der Waals surface area contributed by atoms with Crippen LogP contribution in [0.3, 0.4) is 0 Å². The predicted molar refractivity (Wildman–Crippen MR) is 104 cm³/mol. The number of amidine groups is 1. The second kappa shape index (κ2) is 9.77. The van der Waals surface area contributed by atoms with Gasteiger partial charge in [0, 0.05) is 31.9 Å². The van der Waals surface area contributed by atoms with E-state index in [-0.39, 0.29) is 0 Å². The molecule has 0 radical (unpaired) electrons. The number of thioether (sulfide) groups is 1. The number of aliphatic imine (C=N–C) groups is 1. The van der Waals surface area contributed by atoms with E-state index in [0.29, 0.717) is 17.2 Å². The Labute approximate surface area is 155 Å². The fourth-order valence-electron chi connectivity index (χ4n) is 2.65. The maximum absolute atomic E-state index is 5.48. The highest BCUT2D eigenvalue weighted by atomic mass is 32.2. The molecule has 1 aliphatic heterocycles. The van der Waals surface area contributed by atoms with Crippen LogP contribution in [0.5, 0.6) is 17.2 Å². The number of likely N-dealkylation sites (N-methyl/N-ethyl adjacent to an activating group) is 1. The second-order valence-electron chi connectivity index (χ2n) is 6.12. The second-order valence-corrected chi connectivity index (χ2v) is 7.19. The van der Waals surface area contributed by atoms with Gasteiger partial charge in [-0.1, -0.05) is 11.8 Å². The molecule has 0 saturated carbocycles. The summed E-state index contributed by atoms with van der Waals surface area (Å²) in [6.07, 6.45) is 1.15. The zero-order chi connectivity index (χ0) is 18.2. The Morgan fingerprint density at radius 1 is 1.04 bits per heavy atom. The number of hydrogen-bond donors (Lipinski definition) is 0. The fourth-order valence-corrected chi connectivity index (χ4v) is 3.63. The van der Waals surface area contributed by atoms with E-state index in [1.807, 2.05) is 23.9 Å². The molecule has 0 spiro atoms. The lowest BCUT2D eigenvalue weighted by molar-refractivity contribution is 0.317. The van der Waals surface area contributed by atoms with Gasteiger partial charge in [-0.3, -0.25) is 4.99 Å². The van der Waals surface area contributed by atoms with Crippen LogP contribution >= 0.6 is 11.8 Å². The summed E-state index contributed by atoms with van der Waals surface area (Å²) >= 11 is 1.84. The van der Waals surface area contributed by atoms with E-state index in [9.17, 15) is 0 Å². The van der Waals surface area contributed by atoms with E-state index in [0.717, 1.165) is 49.1 Å². The normalized spacial score (nSPS) is 14.2. The molecular formula is C18H29N3O3S. The lowest BCUT2D eigenvalue weighted by Crippen LogP contribution is -2.36. The highest BCUT2D eigenvalue weighted by Gasteiger charge is 2.18. The van der Waals surface area contributed by atoms with Gasteiger partial charge in [0.15, 0.2) is 16.7 Å². The molecule has 7 heteroatoms. The van der Waals surface area contributed by atoms with E-state index < -0.39 is 0 Å². The molecule has 140 valence electrons. The number of hydrogen-bond acceptors (Lipinski definition) is 7. The van der Waals surface area contributed by atoms with Crippen LogP contribution in [0.25, 0.3) is 0 Å². The Balaban J connectivity index is 2.26. The van der Waals surface area contributed by atoms with Gasteiger partial charge in [0.1, 0.15) is 0 Å². The molecule has 0 N–H and O–H groups in total. The maximum atomic E-state index is 5.48. The van der Waals surface area contributed by atoms with Crippen LogP contribution < -0.4 is 14.2 Å². The molecule has 0 amide bonds. The van der Waals surface area contributed by atoms with Crippen LogP contribution in [0.4, 0.5) is 0 Å². The molecular weight excluding hydrogens is 338 g/mol. The van der Waals surface area contributed by atoms with Gasteiger partial charge in [-0.05, 0) is 38.2 Å². The SMILES string of the molecule is COc1cc(CN(CCN(C)C)C2=NCCCS2)cc(OC)c1OC. The van der Waals surface area contributed by atoms with Gasteiger partial charge in [-0.2, -0.15) is 0 Å². The first-order valence-corrected chi connectivity index (χ1v) is 9.43. The molecule has 0 aromatic heterocycles. The summed E-state index contributed by atoms with van der Waals surface area (Å²) in [4.78, 5) is 9.25. The molecule has 0 fully saturated rings. The predicted octanol–water partition coefficient (Wildman–Crippen LogP) is 2.57. The highest BCUT2D eigenvalue weighted by Crippen LogP contribution is 2.38. The standard InChI is InChI=1S/C18H29N3O3S/c1-20(2)8-9-21(18-19-7-6-10-25-18)13-14-11-15(22-3)17(24-5)16(12-14)23-4/h11-12H,6-10,13H2,1-5H3. The number of benzene rings is 1. The molecule has 0 bridgehead atoms. The summed E-state index contributed by atoms with van der Waals surface area (Å²) in [6.45, 7) is 3.58. The minimum Gasteiger partial charge on any atom is -0.493 e. The van der Waals surface area contributed by atoms with E-state index in [2.05, 4.69) is 23.9 Å². The quantitative estimate of drug-likeness (QED) is 0.704. The number of methoxy groups -OCH3 is 3. The molecule has 1 aromatic rings. The molecule has 0 aliphatic carbocycles. The van der Waals surface area contributed by atoms with Crippen molar-refractivity contribution in [3.63, 3.8) is 0 Å². The molecule has 1 heterocycles. The van der Waals surface area contributed by atoms with Crippen molar-refractivity contribution >= 4 is 16.9 Å². The van der Waals surface area contributed by atoms with Gasteiger partial charge in [-0.25, -0.2) is 0 Å². The van der Waals surface area contributed by atoms with E-state index >= 15 is 0 Å². The summed E-state index contributed by atoms with van der Waals surface area (Å²) < 4.78 is 16.4. The van der Waals surface area contributed by atoms with Gasteiger partial charge in [-0.15, -0.1) is 0 Å². The van der Waals surface area contributed by atoms with Gasteiger partial charge in [0.05, 0.1) is 21.3 Å². The van der Waals surface area contributed by atoms with Crippen molar-refractivity contribution in [1.82, 2.24) is 9.80 Å². The third-order valence-corrected chi connectivity index (χ3v) is 5.10. The molecule has 0 saturated heterocycles. The van der Waals surface area contributed by atoms with Gasteiger partial charge in [0.25, 0.3) is 0 Å². The summed E-state index contributed by atoms with van der Waals surface area (Å²) in [5.41, 5.74) is 1.11. The van der Waals surface area contributed by atoms with E-state index in [4.69, 9.17) is 19.2 Å². The topological polar surface area (TPSA) is 46.5 Å². The zero-order valence-electron chi connectivity index (χ0n) is 15.9. The average molecular weight is 368 g/mol. The van der Waals surface area contributed by atoms with Gasteiger partial charge in [0.2, 0.25) is 5.75 Å². The largest absolute Gasteiger partial charge is 0.493 e. The number of nitrogens with zero attached hydrogens (tertiary/aromatic N) is 3. The maximum Gasteiger partial charge on any atom is 0.203 e. The molecule has 25 heavy (non-hydrogen) atoms. The first-order valence-electron chi connectivity index (χ1n) is 8.44. The summed E-state index contributed by atoms with van der Waals surface area (Å²) in [6, 6.07) is 4.02. The van der Waals surface area contributed by atoms with Crippen molar-refractivity contribution in [2.75, 3.05) is 60.8 Å². The average Bonchev–Trinajstić information content (AvgIpc) is 2.64.